The van der Waals surface area contributed by atoms with Crippen molar-refractivity contribution in [2.24, 2.45) is 16.8 Å². The van der Waals surface area contributed by atoms with Crippen molar-refractivity contribution in [3.05, 3.63) is 0 Å². The van der Waals surface area contributed by atoms with Gasteiger partial charge in [0.05, 0.1) is 0 Å². The molecule has 0 radical (unpaired) electrons. The lowest BCUT2D eigenvalue weighted by atomic mass is 9.87. The lowest BCUT2D eigenvalue weighted by Gasteiger charge is -2.28. The van der Waals surface area contributed by atoms with Gasteiger partial charge in [-0.05, 0) is 25.2 Å². The Balaban J connectivity index is 1.69. The van der Waals surface area contributed by atoms with Crippen molar-refractivity contribution in [1.29, 1.82) is 0 Å². The zero-order valence-corrected chi connectivity index (χ0v) is 12.1. The molecular formula is C14H26N2S. The van der Waals surface area contributed by atoms with E-state index < -0.39 is 0 Å². The van der Waals surface area contributed by atoms with Gasteiger partial charge in [-0.25, -0.2) is 0 Å². The first-order chi connectivity index (χ1) is 8.25. The Morgan fingerprint density at radius 3 is 2.71 bits per heavy atom. The summed E-state index contributed by atoms with van der Waals surface area (Å²) >= 11 is 1.90. The van der Waals surface area contributed by atoms with Crippen molar-refractivity contribution in [2.45, 2.75) is 58.4 Å². The summed E-state index contributed by atoms with van der Waals surface area (Å²) in [5.41, 5.74) is 0. The van der Waals surface area contributed by atoms with Crippen molar-refractivity contribution in [2.75, 3.05) is 12.3 Å². The second-order valence-electron chi connectivity index (χ2n) is 5.70. The fraction of sp³-hybridized carbons (Fsp3) is 0.929. The van der Waals surface area contributed by atoms with Crippen LogP contribution in [0, 0.1) is 11.8 Å². The molecule has 1 heterocycles. The molecule has 1 aliphatic heterocycles. The molecule has 98 valence electrons. The second kappa shape index (κ2) is 6.67. The Labute approximate surface area is 110 Å². The number of aliphatic imine (C=N–C) groups is 1. The highest BCUT2D eigenvalue weighted by Crippen LogP contribution is 2.26. The Hall–Kier alpha value is -0.180. The smallest absolute Gasteiger partial charge is 0.156 e. The zero-order chi connectivity index (χ0) is 12.1. The zero-order valence-electron chi connectivity index (χ0n) is 11.2. The summed E-state index contributed by atoms with van der Waals surface area (Å²) < 4.78 is 0. The Morgan fingerprint density at radius 1 is 1.24 bits per heavy atom. The predicted octanol–water partition coefficient (Wildman–Crippen LogP) is 3.67. The van der Waals surface area contributed by atoms with E-state index >= 15 is 0 Å². The lowest BCUT2D eigenvalue weighted by molar-refractivity contribution is 0.343. The van der Waals surface area contributed by atoms with Crippen LogP contribution < -0.4 is 5.32 Å². The molecule has 0 aromatic rings. The number of nitrogens with one attached hydrogen (secondary N) is 1. The molecule has 1 saturated heterocycles. The molecule has 2 aliphatic rings. The maximum absolute atomic E-state index is 4.73. The van der Waals surface area contributed by atoms with Gasteiger partial charge in [-0.2, -0.15) is 0 Å². The van der Waals surface area contributed by atoms with Crippen molar-refractivity contribution in [3.8, 4) is 0 Å². The first-order valence-corrected chi connectivity index (χ1v) is 8.18. The minimum Gasteiger partial charge on any atom is -0.362 e. The minimum atomic E-state index is 0.588. The van der Waals surface area contributed by atoms with Crippen LogP contribution in [0.15, 0.2) is 4.99 Å². The fourth-order valence-corrected chi connectivity index (χ4v) is 3.81. The van der Waals surface area contributed by atoms with Gasteiger partial charge >= 0.3 is 0 Å². The third-order valence-corrected chi connectivity index (χ3v) is 5.42. The van der Waals surface area contributed by atoms with Gasteiger partial charge in [0.1, 0.15) is 0 Å². The van der Waals surface area contributed by atoms with E-state index in [-0.39, 0.29) is 0 Å². The number of rotatable bonds is 3. The molecule has 1 saturated carbocycles. The molecule has 2 atom stereocenters. The molecule has 2 nitrogen and oxygen atoms in total. The first-order valence-electron chi connectivity index (χ1n) is 7.19. The average Bonchev–Trinajstić information content (AvgIpc) is 2.35. The van der Waals surface area contributed by atoms with E-state index in [1.165, 1.54) is 49.4 Å². The van der Waals surface area contributed by atoms with E-state index in [0.717, 1.165) is 18.4 Å². The maximum Gasteiger partial charge on any atom is 0.156 e. The second-order valence-corrected chi connectivity index (χ2v) is 6.71. The summed E-state index contributed by atoms with van der Waals surface area (Å²) in [6, 6.07) is 0.588. The van der Waals surface area contributed by atoms with E-state index in [1.807, 2.05) is 11.8 Å². The van der Waals surface area contributed by atoms with Crippen molar-refractivity contribution >= 4 is 16.9 Å². The Bertz CT molecular complexity index is 259. The van der Waals surface area contributed by atoms with E-state index in [2.05, 4.69) is 19.2 Å². The standard InChI is InChI=1S/C14H26N2S/c1-11-10-17-14(16-12(11)2)15-9-8-13-6-4-3-5-7-13/h11-13H,3-10H2,1-2H3,(H,15,16). The SMILES string of the molecule is CC1CSC(=NCCC2CCCCC2)NC1C. The lowest BCUT2D eigenvalue weighted by Crippen LogP contribution is -2.41. The van der Waals surface area contributed by atoms with Crippen LogP contribution in [0.4, 0.5) is 0 Å². The molecule has 0 aromatic heterocycles. The largest absolute Gasteiger partial charge is 0.362 e. The van der Waals surface area contributed by atoms with Crippen LogP contribution in [-0.4, -0.2) is 23.5 Å². The number of nitrogens with zero attached hydrogens (tertiary/aromatic N) is 1. The van der Waals surface area contributed by atoms with E-state index in [1.54, 1.807) is 0 Å². The monoisotopic (exact) mass is 254 g/mol. The highest BCUT2D eigenvalue weighted by atomic mass is 32.2. The number of thioether (sulfide) groups is 1. The molecule has 0 amide bonds. The van der Waals surface area contributed by atoms with Crippen LogP contribution in [0.2, 0.25) is 0 Å². The third-order valence-electron chi connectivity index (χ3n) is 4.21. The maximum atomic E-state index is 4.73. The van der Waals surface area contributed by atoms with Crippen LogP contribution in [0.3, 0.4) is 0 Å². The third kappa shape index (κ3) is 4.20. The van der Waals surface area contributed by atoms with Crippen molar-refractivity contribution < 1.29 is 0 Å². The highest BCUT2D eigenvalue weighted by molar-refractivity contribution is 8.13. The molecule has 0 aromatic carbocycles. The fourth-order valence-electron chi connectivity index (χ4n) is 2.65. The van der Waals surface area contributed by atoms with Gasteiger partial charge in [-0.1, -0.05) is 50.8 Å². The number of hydrogen-bond donors (Lipinski definition) is 1. The molecule has 1 N–H and O–H groups in total. The van der Waals surface area contributed by atoms with Gasteiger partial charge < -0.3 is 5.32 Å². The normalized spacial score (nSPS) is 33.6. The predicted molar refractivity (Wildman–Crippen MR) is 77.7 cm³/mol. The quantitative estimate of drug-likeness (QED) is 0.831. The van der Waals surface area contributed by atoms with Gasteiger partial charge in [0.15, 0.2) is 5.17 Å². The molecule has 17 heavy (non-hydrogen) atoms. The molecule has 1 aliphatic carbocycles. The summed E-state index contributed by atoms with van der Waals surface area (Å²) in [5.74, 6) is 2.94. The van der Waals surface area contributed by atoms with Gasteiger partial charge in [-0.15, -0.1) is 0 Å². The van der Waals surface area contributed by atoms with Gasteiger partial charge in [-0.3, -0.25) is 4.99 Å². The van der Waals surface area contributed by atoms with Crippen molar-refractivity contribution in [3.63, 3.8) is 0 Å². The molecule has 3 heteroatoms. The molecule has 2 unspecified atom stereocenters. The summed E-state index contributed by atoms with van der Waals surface area (Å²) in [6.07, 6.45) is 8.54. The van der Waals surface area contributed by atoms with Crippen LogP contribution in [-0.2, 0) is 0 Å². The van der Waals surface area contributed by atoms with Gasteiger partial charge in [0.25, 0.3) is 0 Å². The van der Waals surface area contributed by atoms with E-state index in [4.69, 9.17) is 4.99 Å². The van der Waals surface area contributed by atoms with Crippen LogP contribution in [0.5, 0.6) is 0 Å². The van der Waals surface area contributed by atoms with Crippen molar-refractivity contribution in [1.82, 2.24) is 5.32 Å². The number of amidine groups is 1. The number of hydrogen-bond acceptors (Lipinski definition) is 2. The molecule has 0 bridgehead atoms. The molecule has 2 fully saturated rings. The van der Waals surface area contributed by atoms with Crippen LogP contribution >= 0.6 is 11.8 Å². The Kier molecular flexibility index (Phi) is 5.20. The molecule has 0 spiro atoms. The summed E-state index contributed by atoms with van der Waals surface area (Å²) in [5, 5.41) is 4.70. The average molecular weight is 254 g/mol. The van der Waals surface area contributed by atoms with Gasteiger partial charge in [0, 0.05) is 18.3 Å². The Morgan fingerprint density at radius 2 is 2.00 bits per heavy atom. The summed E-state index contributed by atoms with van der Waals surface area (Å²) in [6.45, 7) is 5.60. The molecular weight excluding hydrogens is 228 g/mol. The van der Waals surface area contributed by atoms with Crippen LogP contribution in [0.1, 0.15) is 52.4 Å². The summed E-state index contributed by atoms with van der Waals surface area (Å²) in [4.78, 5) is 4.73. The summed E-state index contributed by atoms with van der Waals surface area (Å²) in [7, 11) is 0. The molecule has 2 rings (SSSR count). The topological polar surface area (TPSA) is 24.4 Å². The van der Waals surface area contributed by atoms with Crippen LogP contribution in [0.25, 0.3) is 0 Å². The van der Waals surface area contributed by atoms with E-state index in [9.17, 15) is 0 Å². The van der Waals surface area contributed by atoms with Gasteiger partial charge in [0.2, 0.25) is 0 Å². The highest BCUT2D eigenvalue weighted by Gasteiger charge is 2.20. The minimum absolute atomic E-state index is 0.588. The van der Waals surface area contributed by atoms with E-state index in [0.29, 0.717) is 6.04 Å². The first kappa shape index (κ1) is 13.3.